The van der Waals surface area contributed by atoms with Gasteiger partial charge in [0, 0.05) is 16.5 Å². The van der Waals surface area contributed by atoms with E-state index in [1.807, 2.05) is 36.4 Å². The highest BCUT2D eigenvalue weighted by atomic mass is 32.2. The van der Waals surface area contributed by atoms with Crippen molar-refractivity contribution in [2.45, 2.75) is 4.90 Å². The average molecular weight is 349 g/mol. The molecule has 25 heavy (non-hydrogen) atoms. The summed E-state index contributed by atoms with van der Waals surface area (Å²) < 4.78 is 27.6. The molecular formula is C19H15N3O2S. The molecule has 1 aromatic heterocycles. The van der Waals surface area contributed by atoms with Crippen molar-refractivity contribution >= 4 is 43.2 Å². The Morgan fingerprint density at radius 2 is 1.52 bits per heavy atom. The molecule has 124 valence electrons. The van der Waals surface area contributed by atoms with E-state index in [-0.39, 0.29) is 4.90 Å². The molecule has 4 aromatic rings. The lowest BCUT2D eigenvalue weighted by molar-refractivity contribution is 0.601. The summed E-state index contributed by atoms with van der Waals surface area (Å²) in [6.45, 7) is 0. The smallest absolute Gasteiger partial charge is 0.261 e. The van der Waals surface area contributed by atoms with Gasteiger partial charge in [0.05, 0.1) is 21.6 Å². The van der Waals surface area contributed by atoms with Gasteiger partial charge in [-0.25, -0.2) is 13.4 Å². The Labute approximate surface area is 145 Å². The zero-order valence-electron chi connectivity index (χ0n) is 13.2. The fraction of sp³-hybridized carbons (Fsp3) is 0. The molecule has 0 atom stereocenters. The van der Waals surface area contributed by atoms with Gasteiger partial charge < -0.3 is 5.73 Å². The molecule has 0 amide bonds. The van der Waals surface area contributed by atoms with Crippen LogP contribution in [0.1, 0.15) is 0 Å². The Morgan fingerprint density at radius 1 is 0.800 bits per heavy atom. The molecule has 1 heterocycles. The minimum absolute atomic E-state index is 0.160. The SMILES string of the molecule is Nc1ccc(S(=O)(=O)Nc2ccc3cc4ccccc4nc3c2)cc1. The molecule has 6 heteroatoms. The van der Waals surface area contributed by atoms with Crippen molar-refractivity contribution in [3.8, 4) is 0 Å². The normalized spacial score (nSPS) is 11.7. The Balaban J connectivity index is 1.74. The van der Waals surface area contributed by atoms with Gasteiger partial charge in [-0.05, 0) is 48.5 Å². The third-order valence-corrected chi connectivity index (χ3v) is 5.36. The molecule has 0 radical (unpaired) electrons. The molecule has 4 rings (SSSR count). The van der Waals surface area contributed by atoms with Gasteiger partial charge in [0.25, 0.3) is 10.0 Å². The first-order valence-electron chi connectivity index (χ1n) is 7.69. The third-order valence-electron chi connectivity index (χ3n) is 3.96. The van der Waals surface area contributed by atoms with Crippen LogP contribution in [0.15, 0.2) is 77.7 Å². The lowest BCUT2D eigenvalue weighted by atomic mass is 10.1. The maximum atomic E-state index is 12.5. The Morgan fingerprint density at radius 3 is 2.32 bits per heavy atom. The van der Waals surface area contributed by atoms with Crippen molar-refractivity contribution in [1.29, 1.82) is 0 Å². The fourth-order valence-corrected chi connectivity index (χ4v) is 3.75. The Bertz CT molecular complexity index is 1190. The molecule has 3 N–H and O–H groups in total. The van der Waals surface area contributed by atoms with Crippen LogP contribution >= 0.6 is 0 Å². The first-order valence-corrected chi connectivity index (χ1v) is 9.17. The van der Waals surface area contributed by atoms with Gasteiger partial charge in [-0.1, -0.05) is 24.3 Å². The minimum Gasteiger partial charge on any atom is -0.399 e. The zero-order valence-corrected chi connectivity index (χ0v) is 14.0. The number of rotatable bonds is 3. The van der Waals surface area contributed by atoms with Crippen molar-refractivity contribution in [1.82, 2.24) is 4.98 Å². The highest BCUT2D eigenvalue weighted by Crippen LogP contribution is 2.24. The summed E-state index contributed by atoms with van der Waals surface area (Å²) in [4.78, 5) is 4.76. The summed E-state index contributed by atoms with van der Waals surface area (Å²) in [5.41, 5.74) is 8.19. The molecule has 0 aliphatic carbocycles. The lowest BCUT2D eigenvalue weighted by Crippen LogP contribution is -2.12. The van der Waals surface area contributed by atoms with E-state index < -0.39 is 10.0 Å². The number of anilines is 2. The number of para-hydroxylation sites is 1. The highest BCUT2D eigenvalue weighted by molar-refractivity contribution is 7.92. The summed E-state index contributed by atoms with van der Waals surface area (Å²) in [6.07, 6.45) is 0. The van der Waals surface area contributed by atoms with Crippen molar-refractivity contribution < 1.29 is 8.42 Å². The molecule has 0 aliphatic heterocycles. The number of nitrogens with two attached hydrogens (primary N) is 1. The largest absolute Gasteiger partial charge is 0.399 e. The number of hydrogen-bond acceptors (Lipinski definition) is 4. The number of pyridine rings is 1. The van der Waals surface area contributed by atoms with Gasteiger partial charge in [-0.15, -0.1) is 0 Å². The molecule has 0 unspecified atom stereocenters. The first kappa shape index (κ1) is 15.4. The second kappa shape index (κ2) is 5.75. The second-order valence-corrected chi connectivity index (χ2v) is 7.45. The maximum absolute atomic E-state index is 12.5. The van der Waals surface area contributed by atoms with Crippen LogP contribution in [-0.4, -0.2) is 13.4 Å². The van der Waals surface area contributed by atoms with Crippen molar-refractivity contribution in [3.63, 3.8) is 0 Å². The van der Waals surface area contributed by atoms with Gasteiger partial charge >= 0.3 is 0 Å². The number of nitrogen functional groups attached to an aromatic ring is 1. The van der Waals surface area contributed by atoms with Crippen LogP contribution in [0.2, 0.25) is 0 Å². The van der Waals surface area contributed by atoms with E-state index in [1.54, 1.807) is 24.3 Å². The van der Waals surface area contributed by atoms with E-state index in [4.69, 9.17) is 5.73 Å². The van der Waals surface area contributed by atoms with E-state index in [1.165, 1.54) is 12.1 Å². The Kier molecular flexibility index (Phi) is 3.54. The first-order chi connectivity index (χ1) is 12.0. The number of nitrogens with one attached hydrogen (secondary N) is 1. The zero-order chi connectivity index (χ0) is 17.4. The summed E-state index contributed by atoms with van der Waals surface area (Å²) >= 11 is 0. The third kappa shape index (κ3) is 2.99. The summed E-state index contributed by atoms with van der Waals surface area (Å²) in [6, 6.07) is 21.2. The number of nitrogens with zero attached hydrogens (tertiary/aromatic N) is 1. The monoisotopic (exact) mass is 349 g/mol. The van der Waals surface area contributed by atoms with E-state index in [0.717, 1.165) is 21.8 Å². The standard InChI is InChI=1S/C19H15N3O2S/c20-15-6-9-17(10-7-15)25(23,24)22-16-8-5-14-11-13-3-1-2-4-18(13)21-19(14)12-16/h1-12,22H,20H2. The van der Waals surface area contributed by atoms with Crippen molar-refractivity contribution in [2.75, 3.05) is 10.5 Å². The van der Waals surface area contributed by atoms with Crippen LogP contribution in [0.4, 0.5) is 11.4 Å². The quantitative estimate of drug-likeness (QED) is 0.435. The van der Waals surface area contributed by atoms with Crippen LogP contribution in [0.5, 0.6) is 0 Å². The predicted octanol–water partition coefficient (Wildman–Crippen LogP) is 3.77. The van der Waals surface area contributed by atoms with Gasteiger partial charge in [0.2, 0.25) is 0 Å². The summed E-state index contributed by atoms with van der Waals surface area (Å²) in [5, 5.41) is 2.00. The number of aromatic nitrogens is 1. The summed E-state index contributed by atoms with van der Waals surface area (Å²) in [5.74, 6) is 0. The topological polar surface area (TPSA) is 85.1 Å². The minimum atomic E-state index is -3.67. The van der Waals surface area contributed by atoms with Gasteiger partial charge in [-0.3, -0.25) is 4.72 Å². The molecule has 0 saturated heterocycles. The van der Waals surface area contributed by atoms with Crippen LogP contribution in [0, 0.1) is 0 Å². The van der Waals surface area contributed by atoms with E-state index in [9.17, 15) is 8.42 Å². The fourth-order valence-electron chi connectivity index (χ4n) is 2.70. The number of fused-ring (bicyclic) bond motifs is 2. The second-order valence-electron chi connectivity index (χ2n) is 5.76. The number of hydrogen-bond donors (Lipinski definition) is 2. The lowest BCUT2D eigenvalue weighted by Gasteiger charge is -2.09. The summed E-state index contributed by atoms with van der Waals surface area (Å²) in [7, 11) is -3.67. The molecule has 0 fully saturated rings. The molecule has 0 spiro atoms. The molecule has 0 saturated carbocycles. The van der Waals surface area contributed by atoms with E-state index in [0.29, 0.717) is 11.4 Å². The van der Waals surface area contributed by atoms with Crippen LogP contribution in [0.3, 0.4) is 0 Å². The van der Waals surface area contributed by atoms with E-state index >= 15 is 0 Å². The average Bonchev–Trinajstić information content (AvgIpc) is 2.60. The van der Waals surface area contributed by atoms with Crippen LogP contribution < -0.4 is 10.5 Å². The van der Waals surface area contributed by atoms with Gasteiger partial charge in [0.1, 0.15) is 0 Å². The number of sulfonamides is 1. The number of benzene rings is 3. The van der Waals surface area contributed by atoms with Crippen LogP contribution in [0.25, 0.3) is 21.8 Å². The van der Waals surface area contributed by atoms with Crippen molar-refractivity contribution in [2.24, 2.45) is 0 Å². The molecule has 3 aromatic carbocycles. The predicted molar refractivity (Wildman–Crippen MR) is 101 cm³/mol. The molecule has 5 nitrogen and oxygen atoms in total. The molecule has 0 bridgehead atoms. The highest BCUT2D eigenvalue weighted by Gasteiger charge is 2.14. The molecule has 0 aliphatic rings. The van der Waals surface area contributed by atoms with Crippen LogP contribution in [-0.2, 0) is 10.0 Å². The maximum Gasteiger partial charge on any atom is 0.261 e. The molecular weight excluding hydrogens is 334 g/mol. The van der Waals surface area contributed by atoms with Gasteiger partial charge in [-0.2, -0.15) is 0 Å². The Hall–Kier alpha value is -3.12. The van der Waals surface area contributed by atoms with Gasteiger partial charge in [0.15, 0.2) is 0 Å². The van der Waals surface area contributed by atoms with E-state index in [2.05, 4.69) is 9.71 Å². The van der Waals surface area contributed by atoms with Crippen molar-refractivity contribution in [3.05, 3.63) is 72.8 Å².